The highest BCUT2D eigenvalue weighted by molar-refractivity contribution is 7.89. The van der Waals surface area contributed by atoms with Crippen molar-refractivity contribution in [2.45, 2.75) is 31.3 Å². The average molecular weight is 356 g/mol. The molecule has 1 aromatic rings. The second-order valence-electron chi connectivity index (χ2n) is 5.91. The van der Waals surface area contributed by atoms with Gasteiger partial charge in [-0.15, -0.1) is 0 Å². The van der Waals surface area contributed by atoms with Gasteiger partial charge in [-0.25, -0.2) is 8.42 Å². The largest absolute Gasteiger partial charge is 0.417 e. The maximum absolute atomic E-state index is 13.1. The second kappa shape index (κ2) is 6.02. The minimum Gasteiger partial charge on any atom is -0.207 e. The van der Waals surface area contributed by atoms with Crippen LogP contribution in [0, 0.1) is 11.8 Å². The molecular formula is C14H17ClF3NO2S. The zero-order valence-corrected chi connectivity index (χ0v) is 13.8. The summed E-state index contributed by atoms with van der Waals surface area (Å²) < 4.78 is 65.8. The molecule has 0 amide bonds. The van der Waals surface area contributed by atoms with Crippen molar-refractivity contribution in [3.05, 3.63) is 28.8 Å². The summed E-state index contributed by atoms with van der Waals surface area (Å²) in [5.74, 6) is 0.223. The highest BCUT2D eigenvalue weighted by atomic mass is 35.5. The summed E-state index contributed by atoms with van der Waals surface area (Å²) in [6.45, 7) is 4.24. The van der Waals surface area contributed by atoms with Crippen LogP contribution in [0.3, 0.4) is 0 Å². The van der Waals surface area contributed by atoms with Crippen molar-refractivity contribution >= 4 is 21.6 Å². The van der Waals surface area contributed by atoms with Gasteiger partial charge >= 0.3 is 6.18 Å². The Hall–Kier alpha value is -0.790. The molecule has 1 aliphatic heterocycles. The summed E-state index contributed by atoms with van der Waals surface area (Å²) in [5.41, 5.74) is -1.22. The Kier molecular flexibility index (Phi) is 4.80. The monoisotopic (exact) mass is 355 g/mol. The Bertz CT molecular complexity index is 651. The highest BCUT2D eigenvalue weighted by Crippen LogP contribution is 2.38. The first kappa shape index (κ1) is 17.6. The van der Waals surface area contributed by atoms with Crippen LogP contribution in [-0.4, -0.2) is 25.8 Å². The van der Waals surface area contributed by atoms with Gasteiger partial charge in [0.1, 0.15) is 0 Å². The SMILES string of the molecule is C[C@@H]1C[C@@H](C)CN(S(=O)(=O)c2ccc(Cl)cc2C(F)(F)F)C1. The van der Waals surface area contributed by atoms with E-state index in [1.807, 2.05) is 13.8 Å². The van der Waals surface area contributed by atoms with Gasteiger partial charge in [0.15, 0.2) is 0 Å². The fourth-order valence-corrected chi connectivity index (χ4v) is 4.93. The van der Waals surface area contributed by atoms with Gasteiger partial charge in [-0.1, -0.05) is 25.4 Å². The smallest absolute Gasteiger partial charge is 0.207 e. The van der Waals surface area contributed by atoms with Crippen LogP contribution in [0.15, 0.2) is 23.1 Å². The third kappa shape index (κ3) is 3.58. The first-order chi connectivity index (χ1) is 10.0. The van der Waals surface area contributed by atoms with Gasteiger partial charge in [0.2, 0.25) is 10.0 Å². The molecule has 0 N–H and O–H groups in total. The lowest BCUT2D eigenvalue weighted by atomic mass is 9.94. The Morgan fingerprint density at radius 3 is 2.23 bits per heavy atom. The number of hydrogen-bond acceptors (Lipinski definition) is 2. The summed E-state index contributed by atoms with van der Waals surface area (Å²) in [4.78, 5) is -0.731. The third-order valence-corrected chi connectivity index (χ3v) is 5.83. The van der Waals surface area contributed by atoms with Crippen molar-refractivity contribution in [3.8, 4) is 0 Å². The molecule has 1 heterocycles. The normalized spacial score (nSPS) is 24.5. The molecule has 1 aromatic carbocycles. The van der Waals surface area contributed by atoms with Crippen LogP contribution in [0.4, 0.5) is 13.2 Å². The second-order valence-corrected chi connectivity index (χ2v) is 8.25. The molecule has 0 aromatic heterocycles. The maximum Gasteiger partial charge on any atom is 0.417 e. The van der Waals surface area contributed by atoms with Crippen LogP contribution in [0.2, 0.25) is 5.02 Å². The van der Waals surface area contributed by atoms with E-state index in [1.54, 1.807) is 0 Å². The van der Waals surface area contributed by atoms with Crippen LogP contribution in [0.5, 0.6) is 0 Å². The number of benzene rings is 1. The fraction of sp³-hybridized carbons (Fsp3) is 0.571. The standard InChI is InChI=1S/C14H17ClF3NO2S/c1-9-5-10(2)8-19(7-9)22(20,21)13-4-3-11(15)6-12(13)14(16,17)18/h3-4,6,9-10H,5,7-8H2,1-2H3/t9-,10-/m1/s1. The molecule has 124 valence electrons. The van der Waals surface area contributed by atoms with Crippen LogP contribution in [-0.2, 0) is 16.2 Å². The van der Waals surface area contributed by atoms with Crippen LogP contribution in [0.25, 0.3) is 0 Å². The van der Waals surface area contributed by atoms with E-state index < -0.39 is 26.7 Å². The molecular weight excluding hydrogens is 339 g/mol. The van der Waals surface area contributed by atoms with Gasteiger partial charge in [-0.2, -0.15) is 17.5 Å². The minimum absolute atomic E-state index is 0.111. The van der Waals surface area contributed by atoms with Gasteiger partial charge in [0.05, 0.1) is 10.5 Å². The van der Waals surface area contributed by atoms with E-state index in [9.17, 15) is 21.6 Å². The number of hydrogen-bond donors (Lipinski definition) is 0. The molecule has 0 saturated carbocycles. The van der Waals surface area contributed by atoms with Crippen molar-refractivity contribution in [2.75, 3.05) is 13.1 Å². The van der Waals surface area contributed by atoms with Crippen LogP contribution >= 0.6 is 11.6 Å². The number of rotatable bonds is 2. The molecule has 3 nitrogen and oxygen atoms in total. The zero-order chi connectivity index (χ0) is 16.7. The first-order valence-corrected chi connectivity index (χ1v) is 8.70. The molecule has 2 atom stereocenters. The van der Waals surface area contributed by atoms with Crippen molar-refractivity contribution in [3.63, 3.8) is 0 Å². The number of alkyl halides is 3. The predicted octanol–water partition coefficient (Wildman–Crippen LogP) is 4.03. The molecule has 0 aliphatic carbocycles. The summed E-state index contributed by atoms with van der Waals surface area (Å²) in [7, 11) is -4.20. The first-order valence-electron chi connectivity index (χ1n) is 6.88. The van der Waals surface area contributed by atoms with E-state index in [0.29, 0.717) is 6.07 Å². The van der Waals surface area contributed by atoms with E-state index in [1.165, 1.54) is 6.07 Å². The van der Waals surface area contributed by atoms with E-state index in [2.05, 4.69) is 0 Å². The molecule has 1 fully saturated rings. The predicted molar refractivity (Wildman–Crippen MR) is 78.2 cm³/mol. The van der Waals surface area contributed by atoms with Crippen molar-refractivity contribution in [1.82, 2.24) is 4.31 Å². The number of piperidine rings is 1. The van der Waals surface area contributed by atoms with Gasteiger partial charge in [0, 0.05) is 18.1 Å². The van der Waals surface area contributed by atoms with Gasteiger partial charge in [-0.05, 0) is 36.5 Å². The average Bonchev–Trinajstić information content (AvgIpc) is 2.36. The number of halogens is 4. The van der Waals surface area contributed by atoms with Crippen molar-refractivity contribution < 1.29 is 21.6 Å². The van der Waals surface area contributed by atoms with Crippen molar-refractivity contribution in [1.29, 1.82) is 0 Å². The third-order valence-electron chi connectivity index (χ3n) is 3.70. The molecule has 2 rings (SSSR count). The van der Waals surface area contributed by atoms with E-state index in [4.69, 9.17) is 11.6 Å². The Balaban J connectivity index is 2.50. The Morgan fingerprint density at radius 1 is 1.18 bits per heavy atom. The maximum atomic E-state index is 13.1. The fourth-order valence-electron chi connectivity index (χ4n) is 2.89. The lowest BCUT2D eigenvalue weighted by Crippen LogP contribution is -2.43. The van der Waals surface area contributed by atoms with E-state index >= 15 is 0 Å². The van der Waals surface area contributed by atoms with E-state index in [-0.39, 0.29) is 29.9 Å². The number of nitrogens with zero attached hydrogens (tertiary/aromatic N) is 1. The minimum atomic E-state index is -4.78. The Morgan fingerprint density at radius 2 is 1.73 bits per heavy atom. The summed E-state index contributed by atoms with van der Waals surface area (Å²) in [6.07, 6.45) is -3.92. The molecule has 1 saturated heterocycles. The summed E-state index contributed by atoms with van der Waals surface area (Å²) in [6, 6.07) is 2.76. The molecule has 22 heavy (non-hydrogen) atoms. The highest BCUT2D eigenvalue weighted by Gasteiger charge is 2.40. The lowest BCUT2D eigenvalue weighted by Gasteiger charge is -2.34. The van der Waals surface area contributed by atoms with Crippen LogP contribution in [0.1, 0.15) is 25.8 Å². The van der Waals surface area contributed by atoms with Gasteiger partial charge in [-0.3, -0.25) is 0 Å². The van der Waals surface area contributed by atoms with E-state index in [0.717, 1.165) is 16.8 Å². The van der Waals surface area contributed by atoms with Crippen molar-refractivity contribution in [2.24, 2.45) is 11.8 Å². The number of sulfonamides is 1. The van der Waals surface area contributed by atoms with Gasteiger partial charge in [0.25, 0.3) is 0 Å². The molecule has 0 radical (unpaired) electrons. The lowest BCUT2D eigenvalue weighted by molar-refractivity contribution is -0.139. The molecule has 0 spiro atoms. The topological polar surface area (TPSA) is 37.4 Å². The molecule has 8 heteroatoms. The summed E-state index contributed by atoms with van der Waals surface area (Å²) in [5, 5.41) is -0.147. The summed E-state index contributed by atoms with van der Waals surface area (Å²) >= 11 is 5.60. The zero-order valence-electron chi connectivity index (χ0n) is 12.2. The molecule has 0 bridgehead atoms. The quantitative estimate of drug-likeness (QED) is 0.803. The van der Waals surface area contributed by atoms with Gasteiger partial charge < -0.3 is 0 Å². The van der Waals surface area contributed by atoms with Crippen LogP contribution < -0.4 is 0 Å². The molecule has 0 unspecified atom stereocenters. The molecule has 1 aliphatic rings. The Labute approximate surface area is 133 Å².